The Morgan fingerprint density at radius 2 is 2.00 bits per heavy atom. The number of nitrogens with one attached hydrogen (secondary N) is 2. The molecule has 0 bridgehead atoms. The number of halogens is 1. The molecule has 0 aliphatic carbocycles. The predicted molar refractivity (Wildman–Crippen MR) is 145 cm³/mol. The van der Waals surface area contributed by atoms with Crippen molar-refractivity contribution < 1.29 is 9.47 Å². The molecule has 1 aromatic heterocycles. The van der Waals surface area contributed by atoms with Crippen molar-refractivity contribution >= 4 is 35.6 Å². The van der Waals surface area contributed by atoms with Crippen LogP contribution in [0.15, 0.2) is 41.7 Å². The number of rotatable bonds is 9. The molecule has 1 saturated heterocycles. The second-order valence-corrected chi connectivity index (χ2v) is 9.03. The molecule has 184 valence electrons. The maximum Gasteiger partial charge on any atom is 0.196 e. The highest BCUT2D eigenvalue weighted by Gasteiger charge is 2.21. The number of nitrogens with zero attached hydrogens (tertiary/aromatic N) is 4. The molecule has 2 aromatic rings. The zero-order valence-corrected chi connectivity index (χ0v) is 22.8. The number of hydrogen-bond acceptors (Lipinski definition) is 5. The smallest absolute Gasteiger partial charge is 0.196 e. The van der Waals surface area contributed by atoms with Crippen molar-refractivity contribution in [2.24, 2.45) is 18.0 Å². The SMILES string of the molecule is CC(C)CN1CCOC(CNC(=NCc2cnn(C)c2)Nc2ccc(OC(C)C)cc2)C1.I. The maximum absolute atomic E-state index is 5.99. The lowest BCUT2D eigenvalue weighted by Crippen LogP contribution is -2.49. The molecule has 2 N–H and O–H groups in total. The van der Waals surface area contributed by atoms with Gasteiger partial charge < -0.3 is 20.1 Å². The Morgan fingerprint density at radius 1 is 1.24 bits per heavy atom. The molecular formula is C24H39IN6O2. The highest BCUT2D eigenvalue weighted by molar-refractivity contribution is 14.0. The molecule has 0 amide bonds. The number of benzene rings is 1. The average molecular weight is 571 g/mol. The monoisotopic (exact) mass is 570 g/mol. The summed E-state index contributed by atoms with van der Waals surface area (Å²) >= 11 is 0. The van der Waals surface area contributed by atoms with Gasteiger partial charge in [-0.3, -0.25) is 9.58 Å². The molecule has 0 radical (unpaired) electrons. The third-order valence-corrected chi connectivity index (χ3v) is 5.01. The second-order valence-electron chi connectivity index (χ2n) is 9.03. The molecule has 1 fully saturated rings. The Bertz CT molecular complexity index is 853. The molecule has 0 spiro atoms. The summed E-state index contributed by atoms with van der Waals surface area (Å²) < 4.78 is 13.5. The minimum atomic E-state index is 0. The van der Waals surface area contributed by atoms with Crippen LogP contribution < -0.4 is 15.4 Å². The van der Waals surface area contributed by atoms with Crippen LogP contribution in [0.2, 0.25) is 0 Å². The topological polar surface area (TPSA) is 75.9 Å². The minimum absolute atomic E-state index is 0. The number of aliphatic imine (C=N–C) groups is 1. The minimum Gasteiger partial charge on any atom is -0.491 e. The van der Waals surface area contributed by atoms with Crippen molar-refractivity contribution in [3.63, 3.8) is 0 Å². The zero-order valence-electron chi connectivity index (χ0n) is 20.5. The molecule has 33 heavy (non-hydrogen) atoms. The van der Waals surface area contributed by atoms with Crippen LogP contribution in [-0.2, 0) is 18.3 Å². The van der Waals surface area contributed by atoms with Gasteiger partial charge in [0, 0.05) is 50.7 Å². The van der Waals surface area contributed by atoms with Gasteiger partial charge in [-0.2, -0.15) is 5.10 Å². The summed E-state index contributed by atoms with van der Waals surface area (Å²) in [5.41, 5.74) is 2.01. The Morgan fingerprint density at radius 3 is 2.64 bits per heavy atom. The summed E-state index contributed by atoms with van der Waals surface area (Å²) in [6, 6.07) is 7.94. The van der Waals surface area contributed by atoms with Crippen LogP contribution in [0, 0.1) is 5.92 Å². The van der Waals surface area contributed by atoms with Crippen molar-refractivity contribution in [2.75, 3.05) is 38.1 Å². The number of anilines is 1. The fourth-order valence-electron chi connectivity index (χ4n) is 3.69. The summed E-state index contributed by atoms with van der Waals surface area (Å²) in [6.07, 6.45) is 4.10. The molecule has 1 aliphatic rings. The van der Waals surface area contributed by atoms with Gasteiger partial charge in [-0.05, 0) is 44.0 Å². The van der Waals surface area contributed by atoms with E-state index in [2.05, 4.69) is 34.5 Å². The van der Waals surface area contributed by atoms with Crippen molar-refractivity contribution in [1.82, 2.24) is 20.0 Å². The number of ether oxygens (including phenoxy) is 2. The third-order valence-electron chi connectivity index (χ3n) is 5.01. The van der Waals surface area contributed by atoms with Gasteiger partial charge in [0.05, 0.1) is 31.6 Å². The van der Waals surface area contributed by atoms with Gasteiger partial charge >= 0.3 is 0 Å². The van der Waals surface area contributed by atoms with E-state index in [0.717, 1.165) is 49.2 Å². The Kier molecular flexibility index (Phi) is 11.4. The van der Waals surface area contributed by atoms with E-state index in [4.69, 9.17) is 14.5 Å². The number of morpholine rings is 1. The van der Waals surface area contributed by atoms with Crippen LogP contribution in [0.5, 0.6) is 5.75 Å². The van der Waals surface area contributed by atoms with Crippen LogP contribution in [0.3, 0.4) is 0 Å². The lowest BCUT2D eigenvalue weighted by molar-refractivity contribution is -0.0283. The highest BCUT2D eigenvalue weighted by atomic mass is 127. The van der Waals surface area contributed by atoms with Crippen LogP contribution >= 0.6 is 24.0 Å². The van der Waals surface area contributed by atoms with Gasteiger partial charge in [0.2, 0.25) is 0 Å². The normalized spacial score (nSPS) is 17.2. The molecule has 2 heterocycles. The van der Waals surface area contributed by atoms with Crippen molar-refractivity contribution in [2.45, 2.75) is 46.4 Å². The van der Waals surface area contributed by atoms with Crippen LogP contribution in [-0.4, -0.2) is 65.6 Å². The first-order valence-corrected chi connectivity index (χ1v) is 11.5. The standard InChI is InChI=1S/C24H38N6O2.HI/c1-18(2)15-30-10-11-31-23(17-30)14-26-24(25-12-20-13-27-29(5)16-20)28-21-6-8-22(9-7-21)32-19(3)4;/h6-9,13,16,18-19,23H,10-12,14-15,17H2,1-5H3,(H2,25,26,28);1H. The molecule has 9 heteroatoms. The Balaban J connectivity index is 0.00000385. The first-order valence-electron chi connectivity index (χ1n) is 11.5. The fraction of sp³-hybridized carbons (Fsp3) is 0.583. The van der Waals surface area contributed by atoms with E-state index in [1.165, 1.54) is 0 Å². The molecule has 1 atom stereocenters. The van der Waals surface area contributed by atoms with Crippen molar-refractivity contribution in [3.05, 3.63) is 42.2 Å². The summed E-state index contributed by atoms with van der Waals surface area (Å²) in [4.78, 5) is 7.25. The van der Waals surface area contributed by atoms with E-state index < -0.39 is 0 Å². The van der Waals surface area contributed by atoms with E-state index >= 15 is 0 Å². The molecular weight excluding hydrogens is 531 g/mol. The van der Waals surface area contributed by atoms with Gasteiger partial charge in [-0.1, -0.05) is 13.8 Å². The second kappa shape index (κ2) is 13.8. The van der Waals surface area contributed by atoms with E-state index in [1.807, 2.05) is 57.6 Å². The number of aromatic nitrogens is 2. The lowest BCUT2D eigenvalue weighted by atomic mass is 10.2. The molecule has 8 nitrogen and oxygen atoms in total. The summed E-state index contributed by atoms with van der Waals surface area (Å²) in [5.74, 6) is 2.23. The third kappa shape index (κ3) is 9.89. The Hall–Kier alpha value is -1.85. The van der Waals surface area contributed by atoms with Crippen molar-refractivity contribution in [1.29, 1.82) is 0 Å². The molecule has 1 aliphatic heterocycles. The molecule has 1 aromatic carbocycles. The average Bonchev–Trinajstić information content (AvgIpc) is 3.16. The van der Waals surface area contributed by atoms with E-state index in [0.29, 0.717) is 19.0 Å². The molecule has 3 rings (SSSR count). The van der Waals surface area contributed by atoms with Crippen LogP contribution in [0.25, 0.3) is 0 Å². The van der Waals surface area contributed by atoms with Crippen LogP contribution in [0.4, 0.5) is 5.69 Å². The molecule has 0 saturated carbocycles. The van der Waals surface area contributed by atoms with Gasteiger partial charge in [0.15, 0.2) is 5.96 Å². The summed E-state index contributed by atoms with van der Waals surface area (Å²) in [6.45, 7) is 13.6. The first-order chi connectivity index (χ1) is 15.4. The van der Waals surface area contributed by atoms with E-state index in [9.17, 15) is 0 Å². The van der Waals surface area contributed by atoms with Crippen LogP contribution in [0.1, 0.15) is 33.3 Å². The quantitative estimate of drug-likeness (QED) is 0.272. The highest BCUT2D eigenvalue weighted by Crippen LogP contribution is 2.17. The summed E-state index contributed by atoms with van der Waals surface area (Å²) in [7, 11) is 1.91. The van der Waals surface area contributed by atoms with Gasteiger partial charge in [0.25, 0.3) is 0 Å². The number of aryl methyl sites for hydroxylation is 1. The largest absolute Gasteiger partial charge is 0.491 e. The summed E-state index contributed by atoms with van der Waals surface area (Å²) in [5, 5.41) is 11.1. The maximum atomic E-state index is 5.99. The lowest BCUT2D eigenvalue weighted by Gasteiger charge is -2.34. The van der Waals surface area contributed by atoms with E-state index in [1.54, 1.807) is 4.68 Å². The number of hydrogen-bond donors (Lipinski definition) is 2. The Labute approximate surface area is 215 Å². The van der Waals surface area contributed by atoms with Gasteiger partial charge in [-0.15, -0.1) is 24.0 Å². The van der Waals surface area contributed by atoms with Crippen molar-refractivity contribution in [3.8, 4) is 5.75 Å². The first kappa shape index (κ1) is 27.4. The van der Waals surface area contributed by atoms with Gasteiger partial charge in [0.1, 0.15) is 5.75 Å². The number of guanidine groups is 1. The van der Waals surface area contributed by atoms with E-state index in [-0.39, 0.29) is 36.2 Å². The predicted octanol–water partition coefficient (Wildman–Crippen LogP) is 3.74. The zero-order chi connectivity index (χ0) is 22.9. The van der Waals surface area contributed by atoms with Gasteiger partial charge in [-0.25, -0.2) is 4.99 Å². The fourth-order valence-corrected chi connectivity index (χ4v) is 3.69. The molecule has 1 unspecified atom stereocenters.